The van der Waals surface area contributed by atoms with Crippen LogP contribution >= 0.6 is 0 Å². The van der Waals surface area contributed by atoms with E-state index in [4.69, 9.17) is 5.11 Å². The van der Waals surface area contributed by atoms with Gasteiger partial charge in [0.15, 0.2) is 0 Å². The number of benzene rings is 2. The van der Waals surface area contributed by atoms with Gasteiger partial charge in [0.2, 0.25) is 5.54 Å². The molecule has 0 heterocycles. The Morgan fingerprint density at radius 1 is 1.05 bits per heavy atom. The topological polar surface area (TPSA) is 80.4 Å². The van der Waals surface area contributed by atoms with Crippen LogP contribution in [0.5, 0.6) is 0 Å². The van der Waals surface area contributed by atoms with Gasteiger partial charge in [-0.1, -0.05) is 36.4 Å². The van der Waals surface area contributed by atoms with Crippen LogP contribution in [-0.2, 0) is 6.42 Å². The van der Waals surface area contributed by atoms with Crippen LogP contribution in [0.1, 0.15) is 29.8 Å². The first kappa shape index (κ1) is 15.7. The van der Waals surface area contributed by atoms with Crippen molar-refractivity contribution in [3.63, 3.8) is 0 Å². The lowest BCUT2D eigenvalue weighted by Gasteiger charge is -2.15. The minimum Gasteiger partial charge on any atom is -0.478 e. The molecule has 0 spiro atoms. The third kappa shape index (κ3) is 3.49. The highest BCUT2D eigenvalue weighted by atomic mass is 16.6. The van der Waals surface area contributed by atoms with E-state index in [0.717, 1.165) is 16.7 Å². The number of carboxylic acid groups (broad SMARTS) is 1. The van der Waals surface area contributed by atoms with E-state index in [9.17, 15) is 14.9 Å². The minimum atomic E-state index is -0.995. The zero-order chi connectivity index (χ0) is 16.3. The molecule has 114 valence electrons. The predicted molar refractivity (Wildman–Crippen MR) is 83.6 cm³/mol. The van der Waals surface area contributed by atoms with Crippen LogP contribution in [0.15, 0.2) is 48.5 Å². The Kier molecular flexibility index (Phi) is 4.26. The standard InChI is InChI=1S/C17H17NO4/c1-17(2,18(21)22)11-12-3-5-13(6-4-12)14-7-9-15(10-8-14)16(19)20/h3-10H,11H2,1-2H3,(H,19,20). The molecule has 0 amide bonds. The molecule has 2 aromatic rings. The Balaban J connectivity index is 2.18. The van der Waals surface area contributed by atoms with Crippen molar-refractivity contribution in [3.05, 3.63) is 69.8 Å². The smallest absolute Gasteiger partial charge is 0.335 e. The summed E-state index contributed by atoms with van der Waals surface area (Å²) in [5.41, 5.74) is 2.00. The molecule has 0 unspecified atom stereocenters. The van der Waals surface area contributed by atoms with Crippen LogP contribution in [-0.4, -0.2) is 21.5 Å². The zero-order valence-electron chi connectivity index (χ0n) is 12.4. The van der Waals surface area contributed by atoms with Crippen molar-refractivity contribution < 1.29 is 14.8 Å². The summed E-state index contributed by atoms with van der Waals surface area (Å²) in [6, 6.07) is 14.1. The highest BCUT2D eigenvalue weighted by Crippen LogP contribution is 2.22. The van der Waals surface area contributed by atoms with E-state index in [2.05, 4.69) is 0 Å². The van der Waals surface area contributed by atoms with E-state index >= 15 is 0 Å². The van der Waals surface area contributed by atoms with Gasteiger partial charge in [0.05, 0.1) is 5.56 Å². The summed E-state index contributed by atoms with van der Waals surface area (Å²) >= 11 is 0. The molecule has 0 aromatic heterocycles. The molecule has 0 radical (unpaired) electrons. The van der Waals surface area contributed by atoms with Crippen molar-refractivity contribution in [2.24, 2.45) is 0 Å². The Labute approximate surface area is 128 Å². The molecule has 0 atom stereocenters. The van der Waals surface area contributed by atoms with Gasteiger partial charge in [-0.3, -0.25) is 10.1 Å². The molecular weight excluding hydrogens is 282 g/mol. The highest BCUT2D eigenvalue weighted by Gasteiger charge is 2.30. The SMILES string of the molecule is CC(C)(Cc1ccc(-c2ccc(C(=O)O)cc2)cc1)[N+](=O)[O-]. The number of carbonyl (C=O) groups is 1. The maximum atomic E-state index is 11.0. The monoisotopic (exact) mass is 299 g/mol. The molecule has 0 aliphatic rings. The van der Waals surface area contributed by atoms with Crippen LogP contribution in [0.25, 0.3) is 11.1 Å². The van der Waals surface area contributed by atoms with Crippen molar-refractivity contribution in [1.82, 2.24) is 0 Å². The fourth-order valence-electron chi connectivity index (χ4n) is 2.18. The average molecular weight is 299 g/mol. The molecular formula is C17H17NO4. The first-order valence-corrected chi connectivity index (χ1v) is 6.87. The number of rotatable bonds is 5. The number of carboxylic acids is 1. The molecule has 22 heavy (non-hydrogen) atoms. The van der Waals surface area contributed by atoms with Gasteiger partial charge in [-0.15, -0.1) is 0 Å². The minimum absolute atomic E-state index is 0.244. The molecule has 0 fully saturated rings. The number of hydrogen-bond donors (Lipinski definition) is 1. The first-order chi connectivity index (χ1) is 10.3. The van der Waals surface area contributed by atoms with E-state index in [0.29, 0.717) is 6.42 Å². The lowest BCUT2D eigenvalue weighted by Crippen LogP contribution is -2.33. The predicted octanol–water partition coefficient (Wildman–Crippen LogP) is 3.65. The molecule has 0 saturated carbocycles. The summed E-state index contributed by atoms with van der Waals surface area (Å²) in [4.78, 5) is 21.5. The maximum Gasteiger partial charge on any atom is 0.335 e. The zero-order valence-corrected chi connectivity index (χ0v) is 12.4. The van der Waals surface area contributed by atoms with Crippen molar-refractivity contribution in [2.45, 2.75) is 25.8 Å². The summed E-state index contributed by atoms with van der Waals surface area (Å²) in [6.07, 6.45) is 0.359. The van der Waals surface area contributed by atoms with Crippen LogP contribution < -0.4 is 0 Å². The highest BCUT2D eigenvalue weighted by molar-refractivity contribution is 5.88. The van der Waals surface area contributed by atoms with E-state index in [1.165, 1.54) is 0 Å². The van der Waals surface area contributed by atoms with E-state index in [1.54, 1.807) is 38.1 Å². The fourth-order valence-corrected chi connectivity index (χ4v) is 2.18. The molecule has 5 heteroatoms. The maximum absolute atomic E-state index is 11.0. The average Bonchev–Trinajstić information content (AvgIpc) is 2.47. The van der Waals surface area contributed by atoms with E-state index in [1.807, 2.05) is 24.3 Å². The van der Waals surface area contributed by atoms with Crippen molar-refractivity contribution in [2.75, 3.05) is 0 Å². The van der Waals surface area contributed by atoms with E-state index in [-0.39, 0.29) is 10.5 Å². The summed E-state index contributed by atoms with van der Waals surface area (Å²) in [7, 11) is 0. The molecule has 0 aliphatic carbocycles. The lowest BCUT2D eigenvalue weighted by atomic mass is 9.94. The third-order valence-corrected chi connectivity index (χ3v) is 3.55. The Morgan fingerprint density at radius 2 is 1.50 bits per heavy atom. The molecule has 1 N–H and O–H groups in total. The first-order valence-electron chi connectivity index (χ1n) is 6.87. The van der Waals surface area contributed by atoms with Crippen molar-refractivity contribution in [3.8, 4) is 11.1 Å². The molecule has 0 aliphatic heterocycles. The second kappa shape index (κ2) is 5.97. The quantitative estimate of drug-likeness (QED) is 0.675. The lowest BCUT2D eigenvalue weighted by molar-refractivity contribution is -0.560. The van der Waals surface area contributed by atoms with E-state index < -0.39 is 11.5 Å². The summed E-state index contributed by atoms with van der Waals surface area (Å²) < 4.78 is 0. The summed E-state index contributed by atoms with van der Waals surface area (Å²) in [5.74, 6) is -0.955. The van der Waals surface area contributed by atoms with Crippen LogP contribution in [0.2, 0.25) is 0 Å². The van der Waals surface area contributed by atoms with Gasteiger partial charge in [-0.25, -0.2) is 4.79 Å². The summed E-state index contributed by atoms with van der Waals surface area (Å²) in [6.45, 7) is 3.21. The van der Waals surface area contributed by atoms with Crippen molar-refractivity contribution >= 4 is 5.97 Å². The van der Waals surface area contributed by atoms with Gasteiger partial charge < -0.3 is 5.11 Å². The number of hydrogen-bond acceptors (Lipinski definition) is 3. The van der Waals surface area contributed by atoms with Gasteiger partial charge in [0.1, 0.15) is 0 Å². The number of nitrogens with zero attached hydrogens (tertiary/aromatic N) is 1. The Bertz CT molecular complexity index is 688. The number of nitro groups is 1. The van der Waals surface area contributed by atoms with Gasteiger partial charge >= 0.3 is 5.97 Å². The van der Waals surface area contributed by atoms with Gasteiger partial charge in [-0.05, 0) is 28.8 Å². The van der Waals surface area contributed by atoms with Crippen LogP contribution in [0, 0.1) is 10.1 Å². The van der Waals surface area contributed by atoms with Crippen molar-refractivity contribution in [1.29, 1.82) is 0 Å². The van der Waals surface area contributed by atoms with Gasteiger partial charge in [0, 0.05) is 25.2 Å². The molecule has 5 nitrogen and oxygen atoms in total. The van der Waals surface area contributed by atoms with Crippen LogP contribution in [0.4, 0.5) is 0 Å². The molecule has 2 aromatic carbocycles. The Hall–Kier alpha value is -2.69. The van der Waals surface area contributed by atoms with Gasteiger partial charge in [0.25, 0.3) is 0 Å². The third-order valence-electron chi connectivity index (χ3n) is 3.55. The molecule has 2 rings (SSSR count). The second-order valence-corrected chi connectivity index (χ2v) is 5.83. The largest absolute Gasteiger partial charge is 0.478 e. The van der Waals surface area contributed by atoms with Gasteiger partial charge in [-0.2, -0.15) is 0 Å². The Morgan fingerprint density at radius 3 is 1.91 bits per heavy atom. The number of aromatic carboxylic acids is 1. The normalized spacial score (nSPS) is 11.2. The molecule has 0 bridgehead atoms. The fraction of sp³-hybridized carbons (Fsp3) is 0.235. The summed E-state index contributed by atoms with van der Waals surface area (Å²) in [5, 5.41) is 19.8. The van der Waals surface area contributed by atoms with Crippen LogP contribution in [0.3, 0.4) is 0 Å². The molecule has 0 saturated heterocycles. The second-order valence-electron chi connectivity index (χ2n) is 5.83.